The minimum absolute atomic E-state index is 0.00911. The van der Waals surface area contributed by atoms with E-state index in [1.54, 1.807) is 6.07 Å². The van der Waals surface area contributed by atoms with E-state index in [1.807, 2.05) is 0 Å². The summed E-state index contributed by atoms with van der Waals surface area (Å²) in [4.78, 5) is 23.9. The molecule has 0 atom stereocenters. The summed E-state index contributed by atoms with van der Waals surface area (Å²) in [6.07, 6.45) is 0.928. The largest absolute Gasteiger partial charge is 0.345 e. The first-order chi connectivity index (χ1) is 13.1. The first kappa shape index (κ1) is 21.6. The minimum Gasteiger partial charge on any atom is -0.345 e. The Morgan fingerprint density at radius 1 is 1.07 bits per heavy atom. The Bertz CT molecular complexity index is 1000. The van der Waals surface area contributed by atoms with Crippen LogP contribution in [0.25, 0.3) is 0 Å². The Hall–Kier alpha value is -2.72. The highest BCUT2D eigenvalue weighted by Crippen LogP contribution is 2.21. The minimum atomic E-state index is -3.79. The zero-order valence-electron chi connectivity index (χ0n) is 14.6. The predicted molar refractivity (Wildman–Crippen MR) is 102 cm³/mol. The second-order valence-corrected chi connectivity index (χ2v) is 8.05. The first-order valence-electron chi connectivity index (χ1n) is 7.81. The normalized spacial score (nSPS) is 11.0. The Labute approximate surface area is 165 Å². The lowest BCUT2D eigenvalue weighted by Crippen LogP contribution is -2.42. The summed E-state index contributed by atoms with van der Waals surface area (Å²) in [7, 11) is -3.79. The van der Waals surface area contributed by atoms with Gasteiger partial charge in [-0.05, 0) is 30.3 Å². The molecule has 0 heterocycles. The van der Waals surface area contributed by atoms with E-state index >= 15 is 0 Å². The van der Waals surface area contributed by atoms with Crippen LogP contribution in [0.1, 0.15) is 0 Å². The number of carbonyl (C=O) groups is 2. The maximum absolute atomic E-state index is 13.1. The molecule has 2 N–H and O–H groups in total. The third-order valence-corrected chi connectivity index (χ3v) is 4.81. The van der Waals surface area contributed by atoms with Crippen LogP contribution in [0.5, 0.6) is 0 Å². The van der Waals surface area contributed by atoms with Crippen molar-refractivity contribution < 1.29 is 26.8 Å². The SMILES string of the molecule is CS(=O)(=O)N(CC(=O)NCC(=O)Nc1ccc(F)c(F)c1)c1cccc(Cl)c1. The van der Waals surface area contributed by atoms with Crippen molar-refractivity contribution in [2.75, 3.05) is 29.0 Å². The average Bonchev–Trinajstić information content (AvgIpc) is 2.60. The molecule has 2 aromatic rings. The Morgan fingerprint density at radius 2 is 1.79 bits per heavy atom. The lowest BCUT2D eigenvalue weighted by Gasteiger charge is -2.22. The molecule has 0 radical (unpaired) electrons. The fourth-order valence-corrected chi connectivity index (χ4v) is 3.21. The number of carbonyl (C=O) groups excluding carboxylic acids is 2. The van der Waals surface area contributed by atoms with Gasteiger partial charge in [-0.3, -0.25) is 13.9 Å². The Kier molecular flexibility index (Phi) is 6.92. The molecule has 0 aliphatic heterocycles. The monoisotopic (exact) mass is 431 g/mol. The molecule has 0 aromatic heterocycles. The molecule has 0 saturated heterocycles. The molecule has 11 heteroatoms. The molecule has 150 valence electrons. The summed E-state index contributed by atoms with van der Waals surface area (Å²) in [5.41, 5.74) is 0.200. The van der Waals surface area contributed by atoms with E-state index in [0.717, 1.165) is 28.8 Å². The zero-order valence-corrected chi connectivity index (χ0v) is 16.2. The van der Waals surface area contributed by atoms with Crippen LogP contribution in [0.4, 0.5) is 20.2 Å². The highest BCUT2D eigenvalue weighted by atomic mass is 35.5. The lowest BCUT2D eigenvalue weighted by molar-refractivity contribution is -0.123. The van der Waals surface area contributed by atoms with Crippen LogP contribution in [-0.2, 0) is 19.6 Å². The standard InChI is InChI=1S/C17H16ClF2N3O4S/c1-28(26,27)23(13-4-2-3-11(18)7-13)10-17(25)21-9-16(24)22-12-5-6-14(19)15(20)8-12/h2-8H,9-10H2,1H3,(H,21,25)(H,22,24). The van der Waals surface area contributed by atoms with Crippen molar-refractivity contribution >= 4 is 44.8 Å². The average molecular weight is 432 g/mol. The van der Waals surface area contributed by atoms with E-state index in [1.165, 1.54) is 18.2 Å². The van der Waals surface area contributed by atoms with Crippen molar-refractivity contribution in [2.24, 2.45) is 0 Å². The molecule has 2 aromatic carbocycles. The van der Waals surface area contributed by atoms with Crippen LogP contribution in [-0.4, -0.2) is 39.6 Å². The summed E-state index contributed by atoms with van der Waals surface area (Å²) in [5.74, 6) is -3.64. The number of amides is 2. The molecule has 2 amide bonds. The molecule has 0 spiro atoms. The van der Waals surface area contributed by atoms with E-state index in [9.17, 15) is 26.8 Å². The van der Waals surface area contributed by atoms with E-state index in [0.29, 0.717) is 0 Å². The van der Waals surface area contributed by atoms with Crippen molar-refractivity contribution in [1.29, 1.82) is 0 Å². The van der Waals surface area contributed by atoms with Crippen molar-refractivity contribution in [3.63, 3.8) is 0 Å². The van der Waals surface area contributed by atoms with E-state index in [-0.39, 0.29) is 16.4 Å². The molecule has 0 aliphatic carbocycles. The number of benzene rings is 2. The number of rotatable bonds is 7. The lowest BCUT2D eigenvalue weighted by atomic mass is 10.3. The van der Waals surface area contributed by atoms with Crippen molar-refractivity contribution in [3.05, 3.63) is 59.1 Å². The van der Waals surface area contributed by atoms with Gasteiger partial charge in [0.2, 0.25) is 21.8 Å². The highest BCUT2D eigenvalue weighted by molar-refractivity contribution is 7.92. The van der Waals surface area contributed by atoms with Crippen LogP contribution < -0.4 is 14.9 Å². The van der Waals surface area contributed by atoms with Gasteiger partial charge in [0.25, 0.3) is 0 Å². The maximum Gasteiger partial charge on any atom is 0.243 e. The fraction of sp³-hybridized carbons (Fsp3) is 0.176. The van der Waals surface area contributed by atoms with E-state index in [4.69, 9.17) is 11.6 Å². The van der Waals surface area contributed by atoms with E-state index < -0.39 is 46.6 Å². The third kappa shape index (κ3) is 6.17. The highest BCUT2D eigenvalue weighted by Gasteiger charge is 2.21. The molecule has 0 bridgehead atoms. The zero-order chi connectivity index (χ0) is 20.9. The molecule has 28 heavy (non-hydrogen) atoms. The maximum atomic E-state index is 13.1. The van der Waals surface area contributed by atoms with Gasteiger partial charge in [0.1, 0.15) is 6.54 Å². The summed E-state index contributed by atoms with van der Waals surface area (Å²) >= 11 is 5.85. The number of sulfonamides is 1. The van der Waals surface area contributed by atoms with Crippen LogP contribution in [0.15, 0.2) is 42.5 Å². The van der Waals surface area contributed by atoms with E-state index in [2.05, 4.69) is 10.6 Å². The molecule has 7 nitrogen and oxygen atoms in total. The number of nitrogens with zero attached hydrogens (tertiary/aromatic N) is 1. The molecule has 0 saturated carbocycles. The molecule has 0 aliphatic rings. The number of hydrogen-bond acceptors (Lipinski definition) is 4. The molecular weight excluding hydrogens is 416 g/mol. The van der Waals surface area contributed by atoms with Crippen molar-refractivity contribution in [1.82, 2.24) is 5.32 Å². The summed E-state index contributed by atoms with van der Waals surface area (Å²) < 4.78 is 50.8. The van der Waals surface area contributed by atoms with Gasteiger partial charge in [0.15, 0.2) is 11.6 Å². The topological polar surface area (TPSA) is 95.6 Å². The number of halogens is 3. The summed E-state index contributed by atoms with van der Waals surface area (Å²) in [6.45, 7) is -1.07. The second-order valence-electron chi connectivity index (χ2n) is 5.70. The third-order valence-electron chi connectivity index (χ3n) is 3.43. The van der Waals surface area contributed by atoms with Crippen LogP contribution in [0.2, 0.25) is 5.02 Å². The molecular formula is C17H16ClF2N3O4S. The van der Waals surface area contributed by atoms with Gasteiger partial charge in [0.05, 0.1) is 18.5 Å². The van der Waals surface area contributed by atoms with Crippen LogP contribution >= 0.6 is 11.6 Å². The molecule has 0 unspecified atom stereocenters. The second kappa shape index (κ2) is 8.98. The van der Waals surface area contributed by atoms with Gasteiger partial charge in [-0.2, -0.15) is 0 Å². The summed E-state index contributed by atoms with van der Waals surface area (Å²) in [6, 6.07) is 8.72. The van der Waals surface area contributed by atoms with Crippen molar-refractivity contribution in [2.45, 2.75) is 0 Å². The van der Waals surface area contributed by atoms with Crippen LogP contribution in [0.3, 0.4) is 0 Å². The van der Waals surface area contributed by atoms with Gasteiger partial charge in [0, 0.05) is 16.8 Å². The quantitative estimate of drug-likeness (QED) is 0.702. The number of nitrogens with one attached hydrogen (secondary N) is 2. The predicted octanol–water partition coefficient (Wildman–Crippen LogP) is 2.14. The van der Waals surface area contributed by atoms with Crippen molar-refractivity contribution in [3.8, 4) is 0 Å². The molecule has 0 fully saturated rings. The summed E-state index contributed by atoms with van der Waals surface area (Å²) in [5, 5.41) is 4.83. The first-order valence-corrected chi connectivity index (χ1v) is 10.0. The van der Waals surface area contributed by atoms with Gasteiger partial charge in [-0.15, -0.1) is 0 Å². The number of anilines is 2. The van der Waals surface area contributed by atoms with Gasteiger partial charge < -0.3 is 10.6 Å². The van der Waals surface area contributed by atoms with Crippen LogP contribution in [0, 0.1) is 11.6 Å². The Balaban J connectivity index is 1.97. The number of hydrogen-bond donors (Lipinski definition) is 2. The van der Waals surface area contributed by atoms with Gasteiger partial charge in [-0.25, -0.2) is 17.2 Å². The Morgan fingerprint density at radius 3 is 2.39 bits per heavy atom. The van der Waals surface area contributed by atoms with Gasteiger partial charge >= 0.3 is 0 Å². The smallest absolute Gasteiger partial charge is 0.243 e. The van der Waals surface area contributed by atoms with Gasteiger partial charge in [-0.1, -0.05) is 17.7 Å². The fourth-order valence-electron chi connectivity index (χ4n) is 2.18. The molecule has 2 rings (SSSR count).